The molecule has 7 nitrogen and oxygen atoms in total. The zero-order chi connectivity index (χ0) is 22.4. The molecule has 0 saturated carbocycles. The maximum atomic E-state index is 12.5. The van der Waals surface area contributed by atoms with Crippen molar-refractivity contribution < 1.29 is 17.9 Å². The van der Waals surface area contributed by atoms with Crippen molar-refractivity contribution in [1.29, 1.82) is 0 Å². The van der Waals surface area contributed by atoms with Gasteiger partial charge in [0.2, 0.25) is 0 Å². The molecule has 0 radical (unpaired) electrons. The lowest BCUT2D eigenvalue weighted by Crippen LogP contribution is -2.19. The first-order valence-corrected chi connectivity index (χ1v) is 11.2. The predicted octanol–water partition coefficient (Wildman–Crippen LogP) is 4.62. The minimum Gasteiger partial charge on any atom is -0.497 e. The van der Waals surface area contributed by atoms with Crippen molar-refractivity contribution >= 4 is 44.4 Å². The zero-order valence-corrected chi connectivity index (χ0v) is 18.9. The summed E-state index contributed by atoms with van der Waals surface area (Å²) in [5, 5.41) is 6.47. The van der Waals surface area contributed by atoms with Crippen LogP contribution in [0, 0.1) is 6.92 Å². The number of hydrogen-bond acceptors (Lipinski definition) is 5. The lowest BCUT2D eigenvalue weighted by molar-refractivity contribution is 0.405. The van der Waals surface area contributed by atoms with Crippen molar-refractivity contribution in [3.63, 3.8) is 0 Å². The fraction of sp³-hybridized carbons (Fsp3) is 0.136. The van der Waals surface area contributed by atoms with Gasteiger partial charge in [0.25, 0.3) is 10.0 Å². The van der Waals surface area contributed by atoms with Crippen LogP contribution in [-0.2, 0) is 10.0 Å². The summed E-state index contributed by atoms with van der Waals surface area (Å²) in [6, 6.07) is 18.8. The molecular weight excluding hydrogens is 434 g/mol. The summed E-state index contributed by atoms with van der Waals surface area (Å²) in [7, 11) is -0.506. The van der Waals surface area contributed by atoms with Crippen LogP contribution < -0.4 is 24.8 Å². The highest BCUT2D eigenvalue weighted by Gasteiger charge is 2.14. The molecule has 3 aromatic carbocycles. The molecule has 0 fully saturated rings. The summed E-state index contributed by atoms with van der Waals surface area (Å²) in [5.74, 6) is 1.28. The number of rotatable bonds is 7. The molecule has 0 atom stereocenters. The van der Waals surface area contributed by atoms with Crippen molar-refractivity contribution in [2.75, 3.05) is 29.6 Å². The number of ether oxygens (including phenoxy) is 2. The monoisotopic (exact) mass is 457 g/mol. The summed E-state index contributed by atoms with van der Waals surface area (Å²) >= 11 is 5.37. The Morgan fingerprint density at radius 1 is 0.839 bits per heavy atom. The molecule has 0 heterocycles. The molecule has 0 saturated heterocycles. The zero-order valence-electron chi connectivity index (χ0n) is 17.3. The highest BCUT2D eigenvalue weighted by molar-refractivity contribution is 7.92. The Hall–Kier alpha value is -3.30. The normalized spacial score (nSPS) is 10.8. The molecule has 162 valence electrons. The largest absolute Gasteiger partial charge is 0.497 e. The summed E-state index contributed by atoms with van der Waals surface area (Å²) < 4.78 is 38.2. The van der Waals surface area contributed by atoms with Crippen molar-refractivity contribution in [3.05, 3.63) is 72.3 Å². The molecule has 3 aromatic rings. The summed E-state index contributed by atoms with van der Waals surface area (Å²) in [6.07, 6.45) is 0. The van der Waals surface area contributed by atoms with Gasteiger partial charge in [0, 0.05) is 17.4 Å². The van der Waals surface area contributed by atoms with E-state index in [1.54, 1.807) is 80.9 Å². The van der Waals surface area contributed by atoms with Crippen molar-refractivity contribution in [2.45, 2.75) is 11.8 Å². The third-order valence-corrected chi connectivity index (χ3v) is 5.98. The van der Waals surface area contributed by atoms with Gasteiger partial charge in [-0.1, -0.05) is 17.7 Å². The molecule has 9 heteroatoms. The van der Waals surface area contributed by atoms with E-state index in [1.807, 2.05) is 6.92 Å². The SMILES string of the molecule is COc1ccc(OC)c(NC(=S)Nc2ccc(NS(=O)(=O)c3ccc(C)cc3)cc2)c1. The van der Waals surface area contributed by atoms with Crippen LogP contribution in [0.1, 0.15) is 5.56 Å². The summed E-state index contributed by atoms with van der Waals surface area (Å²) in [5.41, 5.74) is 2.78. The van der Waals surface area contributed by atoms with Crippen LogP contribution in [0.2, 0.25) is 0 Å². The van der Waals surface area contributed by atoms with Crippen molar-refractivity contribution in [1.82, 2.24) is 0 Å². The second-order valence-electron chi connectivity index (χ2n) is 6.64. The lowest BCUT2D eigenvalue weighted by Gasteiger charge is -2.15. The molecule has 3 N–H and O–H groups in total. The van der Waals surface area contributed by atoms with E-state index in [0.717, 1.165) is 5.56 Å². The Bertz CT molecular complexity index is 1160. The molecule has 3 rings (SSSR count). The van der Waals surface area contributed by atoms with Gasteiger partial charge in [-0.15, -0.1) is 0 Å². The van der Waals surface area contributed by atoms with E-state index in [0.29, 0.717) is 33.7 Å². The highest BCUT2D eigenvalue weighted by Crippen LogP contribution is 2.29. The van der Waals surface area contributed by atoms with Crippen LogP contribution in [0.4, 0.5) is 17.1 Å². The first kappa shape index (κ1) is 22.4. The van der Waals surface area contributed by atoms with Crippen LogP contribution in [-0.4, -0.2) is 27.7 Å². The smallest absolute Gasteiger partial charge is 0.261 e. The number of hydrogen-bond donors (Lipinski definition) is 3. The highest BCUT2D eigenvalue weighted by atomic mass is 32.2. The van der Waals surface area contributed by atoms with Gasteiger partial charge >= 0.3 is 0 Å². The van der Waals surface area contributed by atoms with Gasteiger partial charge in [-0.2, -0.15) is 0 Å². The lowest BCUT2D eigenvalue weighted by atomic mass is 10.2. The van der Waals surface area contributed by atoms with E-state index in [4.69, 9.17) is 21.7 Å². The Morgan fingerprint density at radius 2 is 1.48 bits per heavy atom. The number of nitrogens with one attached hydrogen (secondary N) is 3. The van der Waals surface area contributed by atoms with E-state index in [-0.39, 0.29) is 4.90 Å². The number of anilines is 3. The number of thiocarbonyl (C=S) groups is 1. The van der Waals surface area contributed by atoms with Crippen LogP contribution in [0.25, 0.3) is 0 Å². The standard InChI is InChI=1S/C22H23N3O4S2/c1-15-4-11-19(12-5-15)31(26,27)25-17-8-6-16(7-9-17)23-22(30)24-20-14-18(28-2)10-13-21(20)29-3/h4-14,25H,1-3H3,(H2,23,24,30). The van der Waals surface area contributed by atoms with Crippen LogP contribution in [0.3, 0.4) is 0 Å². The summed E-state index contributed by atoms with van der Waals surface area (Å²) in [6.45, 7) is 1.90. The van der Waals surface area contributed by atoms with Gasteiger partial charge in [-0.3, -0.25) is 4.72 Å². The first-order valence-electron chi connectivity index (χ1n) is 9.30. The van der Waals surface area contributed by atoms with E-state index in [1.165, 1.54) is 0 Å². The number of benzene rings is 3. The Kier molecular flexibility index (Phi) is 6.98. The molecular formula is C22H23N3O4S2. The Morgan fingerprint density at radius 3 is 2.10 bits per heavy atom. The van der Waals surface area contributed by atoms with Crippen LogP contribution in [0.15, 0.2) is 71.6 Å². The number of aryl methyl sites for hydroxylation is 1. The third kappa shape index (κ3) is 5.87. The third-order valence-electron chi connectivity index (χ3n) is 4.38. The van der Waals surface area contributed by atoms with Crippen LogP contribution >= 0.6 is 12.2 Å². The molecule has 0 bridgehead atoms. The summed E-state index contributed by atoms with van der Waals surface area (Å²) in [4.78, 5) is 0.206. The van der Waals surface area contributed by atoms with Gasteiger partial charge in [-0.05, 0) is 67.7 Å². The first-order chi connectivity index (χ1) is 14.8. The number of sulfonamides is 1. The van der Waals surface area contributed by atoms with Gasteiger partial charge in [0.15, 0.2) is 5.11 Å². The average molecular weight is 458 g/mol. The molecule has 0 aliphatic heterocycles. The Balaban J connectivity index is 1.65. The van der Waals surface area contributed by atoms with E-state index in [9.17, 15) is 8.42 Å². The van der Waals surface area contributed by atoms with Gasteiger partial charge < -0.3 is 20.1 Å². The number of methoxy groups -OCH3 is 2. The van der Waals surface area contributed by atoms with Gasteiger partial charge in [-0.25, -0.2) is 8.42 Å². The minimum atomic E-state index is -3.66. The molecule has 0 amide bonds. The van der Waals surface area contributed by atoms with E-state index >= 15 is 0 Å². The average Bonchev–Trinajstić information content (AvgIpc) is 2.75. The molecule has 0 aromatic heterocycles. The van der Waals surface area contributed by atoms with Gasteiger partial charge in [0.1, 0.15) is 11.5 Å². The Labute approximate surface area is 187 Å². The van der Waals surface area contributed by atoms with Crippen LogP contribution in [0.5, 0.6) is 11.5 Å². The fourth-order valence-corrected chi connectivity index (χ4v) is 4.04. The quantitative estimate of drug-likeness (QED) is 0.446. The fourth-order valence-electron chi connectivity index (χ4n) is 2.75. The molecule has 0 unspecified atom stereocenters. The van der Waals surface area contributed by atoms with Crippen molar-refractivity contribution in [3.8, 4) is 11.5 Å². The van der Waals surface area contributed by atoms with Crippen molar-refractivity contribution in [2.24, 2.45) is 0 Å². The van der Waals surface area contributed by atoms with E-state index in [2.05, 4.69) is 15.4 Å². The molecule has 0 aliphatic rings. The minimum absolute atomic E-state index is 0.206. The maximum Gasteiger partial charge on any atom is 0.261 e. The van der Waals surface area contributed by atoms with E-state index < -0.39 is 10.0 Å². The van der Waals surface area contributed by atoms with Gasteiger partial charge in [0.05, 0.1) is 24.8 Å². The maximum absolute atomic E-state index is 12.5. The molecule has 0 aliphatic carbocycles. The second-order valence-corrected chi connectivity index (χ2v) is 8.73. The predicted molar refractivity (Wildman–Crippen MR) is 128 cm³/mol. The second kappa shape index (κ2) is 9.67. The topological polar surface area (TPSA) is 88.7 Å². The molecule has 31 heavy (non-hydrogen) atoms. The molecule has 0 spiro atoms.